The molecular formula is C16H25NO. The molecule has 1 aliphatic heterocycles. The third kappa shape index (κ3) is 3.12. The van der Waals surface area contributed by atoms with Crippen LogP contribution in [0.1, 0.15) is 43.9 Å². The van der Waals surface area contributed by atoms with Gasteiger partial charge in [0.05, 0.1) is 6.10 Å². The second-order valence-corrected chi connectivity index (χ2v) is 5.81. The maximum Gasteiger partial charge on any atom is 0.0942 e. The van der Waals surface area contributed by atoms with E-state index >= 15 is 0 Å². The van der Waals surface area contributed by atoms with Crippen LogP contribution in [0.2, 0.25) is 0 Å². The van der Waals surface area contributed by atoms with Gasteiger partial charge >= 0.3 is 0 Å². The fourth-order valence-corrected chi connectivity index (χ4v) is 2.68. The van der Waals surface area contributed by atoms with Gasteiger partial charge in [0.1, 0.15) is 0 Å². The third-order valence-electron chi connectivity index (χ3n) is 4.27. The standard InChI is InChI=1S/C16H25NO/c1-12-4-6-15(7-5-12)16(18)14(3)17-10-8-13(2)9-11-17/h4-7,13-14,16,18H,8-11H2,1-3H3. The highest BCUT2D eigenvalue weighted by molar-refractivity contribution is 5.24. The topological polar surface area (TPSA) is 23.5 Å². The van der Waals surface area contributed by atoms with Crippen molar-refractivity contribution < 1.29 is 5.11 Å². The molecule has 1 aromatic rings. The summed E-state index contributed by atoms with van der Waals surface area (Å²) in [6.07, 6.45) is 2.13. The van der Waals surface area contributed by atoms with Gasteiger partial charge < -0.3 is 5.11 Å². The van der Waals surface area contributed by atoms with Crippen molar-refractivity contribution in [2.24, 2.45) is 5.92 Å². The van der Waals surface area contributed by atoms with Gasteiger partial charge in [-0.25, -0.2) is 0 Å². The van der Waals surface area contributed by atoms with Crippen molar-refractivity contribution in [3.05, 3.63) is 35.4 Å². The Morgan fingerprint density at radius 1 is 1.17 bits per heavy atom. The molecule has 0 saturated carbocycles. The predicted octanol–water partition coefficient (Wildman–Crippen LogP) is 3.15. The van der Waals surface area contributed by atoms with Crippen LogP contribution >= 0.6 is 0 Å². The number of nitrogens with zero attached hydrogens (tertiary/aromatic N) is 1. The van der Waals surface area contributed by atoms with Gasteiger partial charge in [0.25, 0.3) is 0 Å². The zero-order valence-corrected chi connectivity index (χ0v) is 11.8. The number of hydrogen-bond acceptors (Lipinski definition) is 2. The van der Waals surface area contributed by atoms with Crippen LogP contribution in [0.3, 0.4) is 0 Å². The number of aryl methyl sites for hydroxylation is 1. The van der Waals surface area contributed by atoms with Gasteiger partial charge in [0.15, 0.2) is 0 Å². The van der Waals surface area contributed by atoms with E-state index in [9.17, 15) is 5.11 Å². The highest BCUT2D eigenvalue weighted by atomic mass is 16.3. The molecule has 0 radical (unpaired) electrons. The molecule has 1 N–H and O–H groups in total. The highest BCUT2D eigenvalue weighted by Crippen LogP contribution is 2.25. The van der Waals surface area contributed by atoms with Gasteiger partial charge in [-0.1, -0.05) is 36.8 Å². The molecule has 1 saturated heterocycles. The van der Waals surface area contributed by atoms with Gasteiger partial charge in [-0.2, -0.15) is 0 Å². The molecular weight excluding hydrogens is 222 g/mol. The van der Waals surface area contributed by atoms with E-state index in [1.807, 2.05) is 12.1 Å². The smallest absolute Gasteiger partial charge is 0.0942 e. The fraction of sp³-hybridized carbons (Fsp3) is 0.625. The summed E-state index contributed by atoms with van der Waals surface area (Å²) in [6.45, 7) is 8.76. The van der Waals surface area contributed by atoms with Crippen LogP contribution in [0.15, 0.2) is 24.3 Å². The minimum Gasteiger partial charge on any atom is -0.387 e. The van der Waals surface area contributed by atoms with Crippen LogP contribution in [0.5, 0.6) is 0 Å². The molecule has 18 heavy (non-hydrogen) atoms. The molecule has 100 valence electrons. The van der Waals surface area contributed by atoms with E-state index in [0.29, 0.717) is 0 Å². The summed E-state index contributed by atoms with van der Waals surface area (Å²) in [4.78, 5) is 2.42. The SMILES string of the molecule is Cc1ccc(C(O)C(C)N2CCC(C)CC2)cc1. The monoisotopic (exact) mass is 247 g/mol. The minimum atomic E-state index is -0.376. The summed E-state index contributed by atoms with van der Waals surface area (Å²) in [5.41, 5.74) is 2.28. The van der Waals surface area contributed by atoms with Crippen molar-refractivity contribution in [1.29, 1.82) is 0 Å². The average Bonchev–Trinajstić information content (AvgIpc) is 2.39. The summed E-state index contributed by atoms with van der Waals surface area (Å²) in [7, 11) is 0. The van der Waals surface area contributed by atoms with Crippen LogP contribution in [0, 0.1) is 12.8 Å². The molecule has 1 aliphatic rings. The molecule has 0 aromatic heterocycles. The van der Waals surface area contributed by atoms with E-state index in [0.717, 1.165) is 24.6 Å². The predicted molar refractivity (Wildman–Crippen MR) is 75.6 cm³/mol. The van der Waals surface area contributed by atoms with Crippen molar-refractivity contribution in [3.8, 4) is 0 Å². The largest absolute Gasteiger partial charge is 0.387 e. The fourth-order valence-electron chi connectivity index (χ4n) is 2.68. The molecule has 0 amide bonds. The van der Waals surface area contributed by atoms with Crippen molar-refractivity contribution in [2.75, 3.05) is 13.1 Å². The van der Waals surface area contributed by atoms with Crippen LogP contribution in [-0.2, 0) is 0 Å². The molecule has 0 bridgehead atoms. The minimum absolute atomic E-state index is 0.209. The van der Waals surface area contributed by atoms with Gasteiger partial charge in [0, 0.05) is 6.04 Å². The van der Waals surface area contributed by atoms with E-state index in [4.69, 9.17) is 0 Å². The number of aliphatic hydroxyl groups is 1. The first-order chi connectivity index (χ1) is 8.58. The van der Waals surface area contributed by atoms with Gasteiger partial charge in [-0.05, 0) is 51.3 Å². The molecule has 0 aliphatic carbocycles. The molecule has 1 heterocycles. The normalized spacial score (nSPS) is 21.8. The number of aliphatic hydroxyl groups excluding tert-OH is 1. The maximum atomic E-state index is 10.5. The average molecular weight is 247 g/mol. The Morgan fingerprint density at radius 3 is 2.28 bits per heavy atom. The van der Waals surface area contributed by atoms with Crippen molar-refractivity contribution in [1.82, 2.24) is 4.90 Å². The number of likely N-dealkylation sites (tertiary alicyclic amines) is 1. The van der Waals surface area contributed by atoms with Crippen molar-refractivity contribution >= 4 is 0 Å². The molecule has 1 aromatic carbocycles. The number of rotatable bonds is 3. The van der Waals surface area contributed by atoms with Gasteiger partial charge in [-0.3, -0.25) is 4.90 Å². The quantitative estimate of drug-likeness (QED) is 0.887. The van der Waals surface area contributed by atoms with Crippen LogP contribution < -0.4 is 0 Å². The Kier molecular flexibility index (Phi) is 4.41. The second kappa shape index (κ2) is 5.85. The van der Waals surface area contributed by atoms with Gasteiger partial charge in [-0.15, -0.1) is 0 Å². The number of benzene rings is 1. The first-order valence-corrected chi connectivity index (χ1v) is 7.06. The molecule has 2 rings (SSSR count). The maximum absolute atomic E-state index is 10.5. The van der Waals surface area contributed by atoms with Gasteiger partial charge in [0.2, 0.25) is 0 Å². The van der Waals surface area contributed by atoms with E-state index in [2.05, 4.69) is 37.8 Å². The number of piperidine rings is 1. The summed E-state index contributed by atoms with van der Waals surface area (Å²) in [5, 5.41) is 10.5. The molecule has 1 fully saturated rings. The Balaban J connectivity index is 1.99. The molecule has 2 unspecified atom stereocenters. The zero-order chi connectivity index (χ0) is 13.1. The molecule has 0 spiro atoms. The number of hydrogen-bond donors (Lipinski definition) is 1. The Bertz CT molecular complexity index is 365. The highest BCUT2D eigenvalue weighted by Gasteiger charge is 2.25. The lowest BCUT2D eigenvalue weighted by Crippen LogP contribution is -2.42. The van der Waals surface area contributed by atoms with E-state index in [1.54, 1.807) is 0 Å². The van der Waals surface area contributed by atoms with Crippen molar-refractivity contribution in [2.45, 2.75) is 45.8 Å². The summed E-state index contributed by atoms with van der Waals surface area (Å²) in [6, 6.07) is 8.44. The van der Waals surface area contributed by atoms with E-state index in [-0.39, 0.29) is 12.1 Å². The molecule has 2 nitrogen and oxygen atoms in total. The Hall–Kier alpha value is -0.860. The summed E-state index contributed by atoms with van der Waals surface area (Å²) >= 11 is 0. The van der Waals surface area contributed by atoms with Crippen LogP contribution in [0.25, 0.3) is 0 Å². The first-order valence-electron chi connectivity index (χ1n) is 7.06. The van der Waals surface area contributed by atoms with Crippen LogP contribution in [-0.4, -0.2) is 29.1 Å². The summed E-state index contributed by atoms with van der Waals surface area (Å²) < 4.78 is 0. The lowest BCUT2D eigenvalue weighted by molar-refractivity contribution is 0.0390. The van der Waals surface area contributed by atoms with E-state index < -0.39 is 0 Å². The van der Waals surface area contributed by atoms with E-state index in [1.165, 1.54) is 18.4 Å². The lowest BCUT2D eigenvalue weighted by atomic mass is 9.95. The van der Waals surface area contributed by atoms with Crippen molar-refractivity contribution in [3.63, 3.8) is 0 Å². The second-order valence-electron chi connectivity index (χ2n) is 5.81. The summed E-state index contributed by atoms with van der Waals surface area (Å²) in [5.74, 6) is 0.838. The molecule has 2 atom stereocenters. The Morgan fingerprint density at radius 2 is 1.72 bits per heavy atom. The van der Waals surface area contributed by atoms with Crippen LogP contribution in [0.4, 0.5) is 0 Å². The zero-order valence-electron chi connectivity index (χ0n) is 11.8. The molecule has 2 heteroatoms. The lowest BCUT2D eigenvalue weighted by Gasteiger charge is -2.37. The third-order valence-corrected chi connectivity index (χ3v) is 4.27. The first kappa shape index (κ1) is 13.6. The Labute approximate surface area is 111 Å².